The lowest BCUT2D eigenvalue weighted by molar-refractivity contribution is 0.294. The van der Waals surface area contributed by atoms with E-state index in [1.54, 1.807) is 0 Å². The molecule has 0 spiro atoms. The topological polar surface area (TPSA) is 60.8 Å². The van der Waals surface area contributed by atoms with Gasteiger partial charge in [0.2, 0.25) is 0 Å². The summed E-state index contributed by atoms with van der Waals surface area (Å²) in [6.07, 6.45) is 2.64. The summed E-state index contributed by atoms with van der Waals surface area (Å²) in [6, 6.07) is 0. The van der Waals surface area contributed by atoms with Crippen LogP contribution in [0.4, 0.5) is 0 Å². The molecule has 1 rings (SSSR count). The third-order valence-corrected chi connectivity index (χ3v) is 2.40. The van der Waals surface area contributed by atoms with E-state index in [1.165, 1.54) is 0 Å². The molecule has 2 N–H and O–H groups in total. The number of hydrogen-bond donors (Lipinski definition) is 2. The maximum Gasteiger partial charge on any atom is 0.403 e. The van der Waals surface area contributed by atoms with Crippen molar-refractivity contribution in [3.05, 3.63) is 6.42 Å². The minimum absolute atomic E-state index is 0.421. The van der Waals surface area contributed by atoms with E-state index in [4.69, 9.17) is 9.79 Å². The Labute approximate surface area is 53.7 Å². The molecule has 1 aliphatic rings. The predicted octanol–water partition coefficient (Wildman–Crippen LogP) is -0.0109. The molecule has 1 heterocycles. The molecule has 0 aromatic rings. The average molecular weight is 150 g/mol. The van der Waals surface area contributed by atoms with Gasteiger partial charge in [0.25, 0.3) is 0 Å². The Morgan fingerprint density at radius 3 is 2.44 bits per heavy atom. The molecule has 4 nitrogen and oxygen atoms in total. The van der Waals surface area contributed by atoms with Gasteiger partial charge in [-0.1, -0.05) is 0 Å². The van der Waals surface area contributed by atoms with Gasteiger partial charge in [0.15, 0.2) is 0 Å². The molecule has 0 amide bonds. The van der Waals surface area contributed by atoms with Crippen LogP contribution in [0.15, 0.2) is 0 Å². The van der Waals surface area contributed by atoms with Crippen LogP contribution in [0.5, 0.6) is 0 Å². The van der Waals surface area contributed by atoms with E-state index >= 15 is 0 Å². The lowest BCUT2D eigenvalue weighted by Crippen LogP contribution is -2.14. The Hall–Kier alpha value is 0.110. The molecule has 0 saturated carbocycles. The fraction of sp³-hybridized carbons (Fsp3) is 0.750. The van der Waals surface area contributed by atoms with Crippen LogP contribution in [0.1, 0.15) is 6.42 Å². The van der Waals surface area contributed by atoms with Crippen molar-refractivity contribution in [1.29, 1.82) is 0 Å². The molecule has 0 aliphatic carbocycles. The standard InChI is InChI=1S/C4H9NO3P/c6-9(7,8)5-3-1-2-4-5/h1H,2-4H2,(H2,6,7,8). The summed E-state index contributed by atoms with van der Waals surface area (Å²) in [5, 5.41) is 0. The zero-order valence-corrected chi connectivity index (χ0v) is 5.79. The maximum atomic E-state index is 10.4. The van der Waals surface area contributed by atoms with E-state index in [1.807, 2.05) is 6.42 Å². The second-order valence-corrected chi connectivity index (χ2v) is 3.60. The highest BCUT2D eigenvalue weighted by atomic mass is 31.2. The largest absolute Gasteiger partial charge is 0.403 e. The molecule has 0 unspecified atom stereocenters. The van der Waals surface area contributed by atoms with E-state index in [0.29, 0.717) is 13.1 Å². The minimum Gasteiger partial charge on any atom is -0.312 e. The third kappa shape index (κ3) is 1.76. The van der Waals surface area contributed by atoms with Gasteiger partial charge in [0.1, 0.15) is 0 Å². The van der Waals surface area contributed by atoms with Crippen molar-refractivity contribution in [3.8, 4) is 0 Å². The SMILES string of the molecule is O=P(O)(O)N1C[CH]CC1. The Balaban J connectivity index is 2.52. The van der Waals surface area contributed by atoms with Gasteiger partial charge in [-0.3, -0.25) is 0 Å². The molecule has 0 aromatic heterocycles. The molecular formula is C4H9NO3P. The van der Waals surface area contributed by atoms with Crippen LogP contribution in [0.3, 0.4) is 0 Å². The van der Waals surface area contributed by atoms with Gasteiger partial charge in [0.05, 0.1) is 0 Å². The Morgan fingerprint density at radius 1 is 1.56 bits per heavy atom. The van der Waals surface area contributed by atoms with Crippen LogP contribution < -0.4 is 0 Å². The zero-order valence-electron chi connectivity index (χ0n) is 4.90. The van der Waals surface area contributed by atoms with Crippen molar-refractivity contribution in [1.82, 2.24) is 4.67 Å². The van der Waals surface area contributed by atoms with Gasteiger partial charge in [-0.25, -0.2) is 9.24 Å². The van der Waals surface area contributed by atoms with Crippen LogP contribution in [-0.2, 0) is 4.57 Å². The third-order valence-electron chi connectivity index (χ3n) is 1.30. The maximum absolute atomic E-state index is 10.4. The molecule has 1 fully saturated rings. The molecule has 1 radical (unpaired) electrons. The van der Waals surface area contributed by atoms with Crippen molar-refractivity contribution >= 4 is 7.75 Å². The van der Waals surface area contributed by atoms with Crippen molar-refractivity contribution in [3.63, 3.8) is 0 Å². The first-order chi connectivity index (χ1) is 4.11. The van der Waals surface area contributed by atoms with Gasteiger partial charge >= 0.3 is 7.75 Å². The summed E-state index contributed by atoms with van der Waals surface area (Å²) < 4.78 is 11.6. The second kappa shape index (κ2) is 2.39. The molecule has 53 valence electrons. The summed E-state index contributed by atoms with van der Waals surface area (Å²) in [6.45, 7) is 0.911. The molecule has 0 atom stereocenters. The lowest BCUT2D eigenvalue weighted by Gasteiger charge is -2.14. The van der Waals surface area contributed by atoms with Gasteiger partial charge in [-0.15, -0.1) is 0 Å². The van der Waals surface area contributed by atoms with Crippen LogP contribution in [0, 0.1) is 6.42 Å². The fourth-order valence-electron chi connectivity index (χ4n) is 0.809. The lowest BCUT2D eigenvalue weighted by atomic mass is 10.4. The van der Waals surface area contributed by atoms with Gasteiger partial charge in [-0.05, 0) is 12.8 Å². The fourth-order valence-corrected chi connectivity index (χ4v) is 1.51. The molecule has 9 heavy (non-hydrogen) atoms. The molecular weight excluding hydrogens is 141 g/mol. The van der Waals surface area contributed by atoms with Crippen molar-refractivity contribution in [2.75, 3.05) is 13.1 Å². The van der Waals surface area contributed by atoms with Gasteiger partial charge in [0, 0.05) is 13.1 Å². The van der Waals surface area contributed by atoms with Crippen LogP contribution >= 0.6 is 7.75 Å². The molecule has 1 saturated heterocycles. The quantitative estimate of drug-likeness (QED) is 0.516. The second-order valence-electron chi connectivity index (χ2n) is 2.00. The highest BCUT2D eigenvalue weighted by Crippen LogP contribution is 2.41. The molecule has 1 aliphatic heterocycles. The number of hydrogen-bond acceptors (Lipinski definition) is 1. The minimum atomic E-state index is -3.91. The number of rotatable bonds is 1. The summed E-state index contributed by atoms with van der Waals surface area (Å²) in [4.78, 5) is 17.1. The smallest absolute Gasteiger partial charge is 0.312 e. The molecule has 0 aromatic carbocycles. The van der Waals surface area contributed by atoms with E-state index in [0.717, 1.165) is 11.1 Å². The molecule has 0 bridgehead atoms. The first-order valence-corrected chi connectivity index (χ1v) is 4.30. The van der Waals surface area contributed by atoms with E-state index in [9.17, 15) is 4.57 Å². The normalized spacial score (nSPS) is 22.9. The monoisotopic (exact) mass is 150 g/mol. The summed E-state index contributed by atoms with van der Waals surface area (Å²) >= 11 is 0. The zero-order chi connectivity index (χ0) is 6.91. The number of nitrogens with zero attached hydrogens (tertiary/aromatic N) is 1. The first-order valence-electron chi connectivity index (χ1n) is 2.73. The summed E-state index contributed by atoms with van der Waals surface area (Å²) in [5.41, 5.74) is 0. The van der Waals surface area contributed by atoms with Crippen LogP contribution in [0.25, 0.3) is 0 Å². The Morgan fingerprint density at radius 2 is 2.22 bits per heavy atom. The van der Waals surface area contributed by atoms with E-state index in [2.05, 4.69) is 0 Å². The van der Waals surface area contributed by atoms with E-state index in [-0.39, 0.29) is 0 Å². The van der Waals surface area contributed by atoms with E-state index < -0.39 is 7.75 Å². The van der Waals surface area contributed by atoms with Crippen LogP contribution in [-0.4, -0.2) is 27.5 Å². The highest BCUT2D eigenvalue weighted by molar-refractivity contribution is 7.49. The van der Waals surface area contributed by atoms with Crippen molar-refractivity contribution < 1.29 is 14.4 Å². The van der Waals surface area contributed by atoms with Crippen molar-refractivity contribution in [2.45, 2.75) is 6.42 Å². The van der Waals surface area contributed by atoms with Crippen LogP contribution in [0.2, 0.25) is 0 Å². The Kier molecular flexibility index (Phi) is 1.91. The first kappa shape index (κ1) is 7.22. The highest BCUT2D eigenvalue weighted by Gasteiger charge is 2.27. The predicted molar refractivity (Wildman–Crippen MR) is 32.5 cm³/mol. The van der Waals surface area contributed by atoms with Crippen molar-refractivity contribution in [2.24, 2.45) is 0 Å². The summed E-state index contributed by atoms with van der Waals surface area (Å²) in [5.74, 6) is 0. The average Bonchev–Trinajstić information content (AvgIpc) is 2.08. The molecule has 5 heteroatoms. The van der Waals surface area contributed by atoms with Gasteiger partial charge < -0.3 is 9.79 Å². The summed E-state index contributed by atoms with van der Waals surface area (Å²) in [7, 11) is -3.91. The van der Waals surface area contributed by atoms with Gasteiger partial charge in [-0.2, -0.15) is 0 Å². The Bertz CT molecular complexity index is 137.